The van der Waals surface area contributed by atoms with E-state index in [9.17, 15) is 22.8 Å². The Morgan fingerprint density at radius 3 is 2.12 bits per heavy atom. The van der Waals surface area contributed by atoms with Gasteiger partial charge >= 0.3 is 18.3 Å². The van der Waals surface area contributed by atoms with E-state index < -0.39 is 24.1 Å². The van der Waals surface area contributed by atoms with E-state index in [4.69, 9.17) is 4.74 Å². The van der Waals surface area contributed by atoms with Gasteiger partial charge in [-0.3, -0.25) is 0 Å². The molecule has 2 rings (SSSR count). The van der Waals surface area contributed by atoms with Crippen LogP contribution < -0.4 is 9.64 Å². The zero-order valence-electron chi connectivity index (χ0n) is 13.7. The summed E-state index contributed by atoms with van der Waals surface area (Å²) in [5.74, 6) is -2.01. The topological polar surface area (TPSA) is 65.1 Å². The molecule has 1 aromatic carbocycles. The molecule has 1 aromatic rings. The lowest BCUT2D eigenvalue weighted by Crippen LogP contribution is -2.27. The maximum absolute atomic E-state index is 12.3. The van der Waals surface area contributed by atoms with Crippen LogP contribution >= 0.6 is 0 Å². The number of carbonyl (C=O) groups excluding carboxylic acids is 2. The molecule has 1 aliphatic rings. The number of halogens is 3. The van der Waals surface area contributed by atoms with E-state index in [0.29, 0.717) is 5.69 Å². The fourth-order valence-electron chi connectivity index (χ4n) is 2.17. The Hall–Kier alpha value is -3.23. The molecule has 0 spiro atoms. The number of ether oxygens (including phenoxy) is 3. The van der Waals surface area contributed by atoms with Gasteiger partial charge in [0.1, 0.15) is 11.4 Å². The predicted molar refractivity (Wildman–Crippen MR) is 84.9 cm³/mol. The number of anilines is 1. The number of allylic oxidation sites excluding steroid dienone is 2. The van der Waals surface area contributed by atoms with Gasteiger partial charge in [0.05, 0.1) is 19.8 Å². The van der Waals surface area contributed by atoms with Gasteiger partial charge in [-0.25, -0.2) is 9.59 Å². The maximum Gasteiger partial charge on any atom is 0.573 e. The second kappa shape index (κ2) is 7.77. The van der Waals surface area contributed by atoms with Crippen LogP contribution in [0.5, 0.6) is 5.75 Å². The molecule has 0 unspecified atom stereocenters. The van der Waals surface area contributed by atoms with Gasteiger partial charge in [-0.2, -0.15) is 0 Å². The standard InChI is InChI=1S/C17H14F3NO5/c1-24-15(22)13-5-3-4-10-21(14(13)16(23)25-2)11-6-8-12(9-7-11)26-17(18,19)20/h3-10H,1-2H3. The number of hydrogen-bond donors (Lipinski definition) is 0. The van der Waals surface area contributed by atoms with E-state index in [1.807, 2.05) is 0 Å². The summed E-state index contributed by atoms with van der Waals surface area (Å²) in [6.45, 7) is 0. The van der Waals surface area contributed by atoms with Crippen molar-refractivity contribution in [3.63, 3.8) is 0 Å². The summed E-state index contributed by atoms with van der Waals surface area (Å²) in [5, 5.41) is 0. The fraction of sp³-hybridized carbons (Fsp3) is 0.176. The van der Waals surface area contributed by atoms with Crippen LogP contribution in [0.25, 0.3) is 0 Å². The zero-order chi connectivity index (χ0) is 19.3. The Balaban J connectivity index is 2.48. The molecule has 0 aliphatic carbocycles. The molecule has 1 heterocycles. The first-order chi connectivity index (χ1) is 12.3. The van der Waals surface area contributed by atoms with E-state index >= 15 is 0 Å². The number of esters is 2. The smallest absolute Gasteiger partial charge is 0.465 e. The minimum Gasteiger partial charge on any atom is -0.465 e. The summed E-state index contributed by atoms with van der Waals surface area (Å²) < 4.78 is 50.0. The van der Waals surface area contributed by atoms with E-state index in [0.717, 1.165) is 26.4 Å². The van der Waals surface area contributed by atoms with Crippen molar-refractivity contribution in [2.45, 2.75) is 6.36 Å². The third kappa shape index (κ3) is 4.44. The summed E-state index contributed by atoms with van der Waals surface area (Å²) in [4.78, 5) is 25.5. The Morgan fingerprint density at radius 2 is 1.58 bits per heavy atom. The number of nitrogens with zero attached hydrogens (tertiary/aromatic N) is 1. The van der Waals surface area contributed by atoms with Gasteiger partial charge in [0.25, 0.3) is 0 Å². The van der Waals surface area contributed by atoms with Crippen LogP contribution in [0, 0.1) is 0 Å². The van der Waals surface area contributed by atoms with E-state index in [2.05, 4.69) is 9.47 Å². The summed E-state index contributed by atoms with van der Waals surface area (Å²) >= 11 is 0. The highest BCUT2D eigenvalue weighted by atomic mass is 19.4. The molecule has 26 heavy (non-hydrogen) atoms. The van der Waals surface area contributed by atoms with Crippen molar-refractivity contribution in [3.8, 4) is 5.75 Å². The Kier molecular flexibility index (Phi) is 5.71. The van der Waals surface area contributed by atoms with Crippen LogP contribution in [0.4, 0.5) is 18.9 Å². The highest BCUT2D eigenvalue weighted by molar-refractivity contribution is 6.05. The summed E-state index contributed by atoms with van der Waals surface area (Å²) in [7, 11) is 2.30. The Bertz CT molecular complexity index is 779. The number of benzene rings is 1. The van der Waals surface area contributed by atoms with Crippen molar-refractivity contribution < 1.29 is 37.0 Å². The highest BCUT2D eigenvalue weighted by Crippen LogP contribution is 2.29. The molecule has 6 nitrogen and oxygen atoms in total. The van der Waals surface area contributed by atoms with Crippen molar-refractivity contribution in [1.82, 2.24) is 0 Å². The van der Waals surface area contributed by atoms with Crippen molar-refractivity contribution >= 4 is 17.6 Å². The van der Waals surface area contributed by atoms with Crippen LogP contribution in [0.3, 0.4) is 0 Å². The number of hydrogen-bond acceptors (Lipinski definition) is 6. The van der Waals surface area contributed by atoms with Crippen molar-refractivity contribution in [1.29, 1.82) is 0 Å². The maximum atomic E-state index is 12.3. The van der Waals surface area contributed by atoms with Crippen molar-refractivity contribution in [2.24, 2.45) is 0 Å². The number of carbonyl (C=O) groups is 2. The lowest BCUT2D eigenvalue weighted by molar-refractivity contribution is -0.274. The van der Waals surface area contributed by atoms with Crippen molar-refractivity contribution in [2.75, 3.05) is 19.1 Å². The molecule has 0 N–H and O–H groups in total. The van der Waals surface area contributed by atoms with Crippen LogP contribution in [0.15, 0.2) is 60.0 Å². The van der Waals surface area contributed by atoms with Crippen molar-refractivity contribution in [3.05, 3.63) is 60.0 Å². The molecule has 0 fully saturated rings. The molecule has 9 heteroatoms. The van der Waals surface area contributed by atoms with Crippen LogP contribution in [0.2, 0.25) is 0 Å². The van der Waals surface area contributed by atoms with Gasteiger partial charge < -0.3 is 19.1 Å². The molecule has 0 saturated heterocycles. The largest absolute Gasteiger partial charge is 0.573 e. The average molecular weight is 369 g/mol. The van der Waals surface area contributed by atoms with Gasteiger partial charge in [-0.1, -0.05) is 6.08 Å². The minimum atomic E-state index is -4.82. The van der Waals surface area contributed by atoms with Crippen LogP contribution in [-0.2, 0) is 19.1 Å². The van der Waals surface area contributed by atoms with E-state index in [-0.39, 0.29) is 11.3 Å². The molecular formula is C17H14F3NO5. The number of methoxy groups -OCH3 is 2. The normalized spacial score (nSPS) is 14.1. The molecule has 1 aliphatic heterocycles. The first-order valence-corrected chi connectivity index (χ1v) is 7.17. The molecular weight excluding hydrogens is 355 g/mol. The van der Waals surface area contributed by atoms with Gasteiger partial charge in [0.15, 0.2) is 0 Å². The van der Waals surface area contributed by atoms with Gasteiger partial charge in [-0.05, 0) is 36.4 Å². The SMILES string of the molecule is COC(=O)C1=C(C(=O)OC)N(c2ccc(OC(F)(F)F)cc2)C=CC=C1. The first-order valence-electron chi connectivity index (χ1n) is 7.17. The van der Waals surface area contributed by atoms with E-state index in [1.165, 1.54) is 35.4 Å². The summed E-state index contributed by atoms with van der Waals surface area (Å²) in [6, 6.07) is 4.77. The average Bonchev–Trinajstić information content (AvgIpc) is 2.82. The molecule has 0 bridgehead atoms. The zero-order valence-corrected chi connectivity index (χ0v) is 13.7. The highest BCUT2D eigenvalue weighted by Gasteiger charge is 2.31. The molecule has 0 radical (unpaired) electrons. The predicted octanol–water partition coefficient (Wildman–Crippen LogP) is 3.08. The van der Waals surface area contributed by atoms with Crippen LogP contribution in [0.1, 0.15) is 0 Å². The first kappa shape index (κ1) is 19.1. The lowest BCUT2D eigenvalue weighted by Gasteiger charge is -2.23. The van der Waals surface area contributed by atoms with E-state index in [1.54, 1.807) is 6.08 Å². The third-order valence-electron chi connectivity index (χ3n) is 3.24. The second-order valence-corrected chi connectivity index (χ2v) is 4.86. The third-order valence-corrected chi connectivity index (χ3v) is 3.24. The van der Waals surface area contributed by atoms with Gasteiger partial charge in [0, 0.05) is 11.9 Å². The molecule has 138 valence electrons. The van der Waals surface area contributed by atoms with Gasteiger partial charge in [-0.15, -0.1) is 13.2 Å². The molecule has 0 aromatic heterocycles. The quantitative estimate of drug-likeness (QED) is 0.760. The minimum absolute atomic E-state index is 0.0695. The summed E-state index contributed by atoms with van der Waals surface area (Å²) in [5.41, 5.74) is 0.0927. The molecule has 0 atom stereocenters. The lowest BCUT2D eigenvalue weighted by atomic mass is 10.1. The monoisotopic (exact) mass is 369 g/mol. The molecule has 0 amide bonds. The molecule has 0 saturated carbocycles. The number of rotatable bonds is 4. The Morgan fingerprint density at radius 1 is 0.962 bits per heavy atom. The van der Waals surface area contributed by atoms with Crippen LogP contribution in [-0.4, -0.2) is 32.5 Å². The number of alkyl halides is 3. The fourth-order valence-corrected chi connectivity index (χ4v) is 2.17. The Labute approximate surface area is 146 Å². The summed E-state index contributed by atoms with van der Waals surface area (Å²) in [6.07, 6.45) is 1.06. The second-order valence-electron chi connectivity index (χ2n) is 4.86. The van der Waals surface area contributed by atoms with Gasteiger partial charge in [0.2, 0.25) is 0 Å².